The second-order valence-electron chi connectivity index (χ2n) is 9.00. The molecule has 0 bridgehead atoms. The Kier molecular flexibility index (Phi) is 17.3. The minimum absolute atomic E-state index is 0.203. The van der Waals surface area contributed by atoms with Gasteiger partial charge >= 0.3 is 0 Å². The van der Waals surface area contributed by atoms with Crippen LogP contribution in [0.15, 0.2) is 18.2 Å². The Bertz CT molecular complexity index is 513. The van der Waals surface area contributed by atoms with Gasteiger partial charge < -0.3 is 4.74 Å². The Morgan fingerprint density at radius 1 is 0.667 bits per heavy atom. The van der Waals surface area contributed by atoms with Crippen molar-refractivity contribution >= 4 is 11.6 Å². The fourth-order valence-electron chi connectivity index (χ4n) is 4.06. The number of unbranched alkanes of at least 4 members (excludes halogenated alkanes) is 12. The molecule has 1 aromatic carbocycles. The van der Waals surface area contributed by atoms with E-state index in [2.05, 4.69) is 39.0 Å². The fourth-order valence-corrected chi connectivity index (χ4v) is 4.31. The van der Waals surface area contributed by atoms with Gasteiger partial charge in [0, 0.05) is 0 Å². The summed E-state index contributed by atoms with van der Waals surface area (Å²) in [7, 11) is 0. The Morgan fingerprint density at radius 2 is 1.20 bits per heavy atom. The molecule has 0 aromatic heterocycles. The van der Waals surface area contributed by atoms with Crippen molar-refractivity contribution in [2.75, 3.05) is 0 Å². The zero-order valence-corrected chi connectivity index (χ0v) is 21.1. The first-order valence-corrected chi connectivity index (χ1v) is 13.6. The topological polar surface area (TPSA) is 9.23 Å². The molecule has 0 amide bonds. The Labute approximate surface area is 193 Å². The molecule has 1 rings (SSSR count). The van der Waals surface area contributed by atoms with Crippen molar-refractivity contribution in [3.05, 3.63) is 29.3 Å². The van der Waals surface area contributed by atoms with Gasteiger partial charge in [-0.05, 0) is 55.7 Å². The predicted octanol–water partition coefficient (Wildman–Crippen LogP) is 10.0. The van der Waals surface area contributed by atoms with Gasteiger partial charge in [0.25, 0.3) is 0 Å². The van der Waals surface area contributed by atoms with Crippen LogP contribution in [0.3, 0.4) is 0 Å². The highest BCUT2D eigenvalue weighted by atomic mass is 35.5. The number of rotatable bonds is 20. The van der Waals surface area contributed by atoms with E-state index < -0.39 is 0 Å². The van der Waals surface area contributed by atoms with E-state index in [1.165, 1.54) is 107 Å². The smallest absolute Gasteiger partial charge is 0.172 e. The third-order valence-electron chi connectivity index (χ3n) is 6.03. The summed E-state index contributed by atoms with van der Waals surface area (Å²) in [6.07, 6.45) is 22.9. The summed E-state index contributed by atoms with van der Waals surface area (Å²) in [5, 5.41) is 0. The maximum Gasteiger partial charge on any atom is 0.172 e. The molecule has 0 radical (unpaired) electrons. The minimum Gasteiger partial charge on any atom is -0.474 e. The van der Waals surface area contributed by atoms with Gasteiger partial charge in [-0.3, -0.25) is 0 Å². The van der Waals surface area contributed by atoms with Crippen LogP contribution in [0.2, 0.25) is 0 Å². The molecule has 0 N–H and O–H groups in total. The molecule has 0 fully saturated rings. The van der Waals surface area contributed by atoms with Gasteiger partial charge in [0.05, 0.1) is 0 Å². The largest absolute Gasteiger partial charge is 0.474 e. The highest BCUT2D eigenvalue weighted by molar-refractivity contribution is 6.19. The standard InChI is InChI=1S/C28H49ClO/c1-4-7-10-13-16-19-25-22-23-27(26(24-25)20-17-14-11-8-5-2)30-28(29)21-18-15-12-9-6-3/h22-24,28H,4-21H2,1-3H3. The molecule has 0 heterocycles. The van der Waals surface area contributed by atoms with Crippen LogP contribution in [0.1, 0.15) is 135 Å². The van der Waals surface area contributed by atoms with Crippen LogP contribution in [0, 0.1) is 0 Å². The van der Waals surface area contributed by atoms with Crippen molar-refractivity contribution in [2.24, 2.45) is 0 Å². The molecule has 1 nitrogen and oxygen atoms in total. The van der Waals surface area contributed by atoms with E-state index in [1.807, 2.05) is 0 Å². The van der Waals surface area contributed by atoms with E-state index >= 15 is 0 Å². The summed E-state index contributed by atoms with van der Waals surface area (Å²) in [5.74, 6) is 1.02. The van der Waals surface area contributed by atoms with Gasteiger partial charge in [0.2, 0.25) is 0 Å². The molecular weight excluding hydrogens is 388 g/mol. The molecule has 0 aliphatic carbocycles. The summed E-state index contributed by atoms with van der Waals surface area (Å²) in [6.45, 7) is 6.81. The lowest BCUT2D eigenvalue weighted by molar-refractivity contribution is 0.262. The Balaban J connectivity index is 2.58. The second kappa shape index (κ2) is 19.0. The summed E-state index contributed by atoms with van der Waals surface area (Å²) in [4.78, 5) is 0. The van der Waals surface area contributed by atoms with Gasteiger partial charge in [-0.25, -0.2) is 0 Å². The van der Waals surface area contributed by atoms with Crippen molar-refractivity contribution in [2.45, 2.75) is 142 Å². The van der Waals surface area contributed by atoms with Crippen LogP contribution in [-0.4, -0.2) is 5.56 Å². The maximum atomic E-state index is 6.55. The molecule has 1 unspecified atom stereocenters. The van der Waals surface area contributed by atoms with E-state index in [9.17, 15) is 0 Å². The van der Waals surface area contributed by atoms with Gasteiger partial charge in [-0.1, -0.05) is 122 Å². The number of halogens is 1. The second-order valence-corrected chi connectivity index (χ2v) is 9.49. The van der Waals surface area contributed by atoms with Crippen LogP contribution in [0.4, 0.5) is 0 Å². The van der Waals surface area contributed by atoms with E-state index in [0.29, 0.717) is 0 Å². The van der Waals surface area contributed by atoms with Crippen molar-refractivity contribution < 1.29 is 4.74 Å². The first-order valence-electron chi connectivity index (χ1n) is 13.1. The van der Waals surface area contributed by atoms with Crippen LogP contribution >= 0.6 is 11.6 Å². The zero-order chi connectivity index (χ0) is 21.9. The summed E-state index contributed by atoms with van der Waals surface area (Å²) < 4.78 is 6.21. The third-order valence-corrected chi connectivity index (χ3v) is 6.34. The van der Waals surface area contributed by atoms with Crippen molar-refractivity contribution in [1.29, 1.82) is 0 Å². The normalized spacial score (nSPS) is 12.3. The molecule has 1 atom stereocenters. The van der Waals surface area contributed by atoms with Crippen LogP contribution < -0.4 is 4.74 Å². The SMILES string of the molecule is CCCCCCCc1ccc(OC(Cl)CCCCCCC)c(CCCCCCC)c1. The summed E-state index contributed by atoms with van der Waals surface area (Å²) in [6, 6.07) is 6.86. The summed E-state index contributed by atoms with van der Waals surface area (Å²) >= 11 is 6.55. The van der Waals surface area contributed by atoms with E-state index in [1.54, 1.807) is 0 Å². The number of hydrogen-bond acceptors (Lipinski definition) is 1. The van der Waals surface area contributed by atoms with Crippen LogP contribution in [0.25, 0.3) is 0 Å². The number of hydrogen-bond donors (Lipinski definition) is 0. The highest BCUT2D eigenvalue weighted by Gasteiger charge is 2.11. The van der Waals surface area contributed by atoms with Crippen molar-refractivity contribution in [1.82, 2.24) is 0 Å². The highest BCUT2D eigenvalue weighted by Crippen LogP contribution is 2.27. The molecule has 30 heavy (non-hydrogen) atoms. The molecule has 0 saturated carbocycles. The molecule has 1 aromatic rings. The quantitative estimate of drug-likeness (QED) is 0.146. The molecule has 0 aliphatic rings. The van der Waals surface area contributed by atoms with E-state index in [4.69, 9.17) is 16.3 Å². The Hall–Kier alpha value is -0.690. The average molecular weight is 437 g/mol. The van der Waals surface area contributed by atoms with Crippen molar-refractivity contribution in [3.8, 4) is 5.75 Å². The zero-order valence-electron chi connectivity index (χ0n) is 20.3. The number of benzene rings is 1. The predicted molar refractivity (Wildman–Crippen MR) is 135 cm³/mol. The lowest BCUT2D eigenvalue weighted by atomic mass is 9.99. The van der Waals surface area contributed by atoms with E-state index in [0.717, 1.165) is 25.0 Å². The number of ether oxygens (including phenoxy) is 1. The molecule has 0 spiro atoms. The molecule has 2 heteroatoms. The maximum absolute atomic E-state index is 6.55. The molecule has 0 saturated heterocycles. The summed E-state index contributed by atoms with van der Waals surface area (Å²) in [5.41, 5.74) is 2.63. The van der Waals surface area contributed by atoms with Gasteiger partial charge in [-0.2, -0.15) is 0 Å². The lowest BCUT2D eigenvalue weighted by Crippen LogP contribution is -2.10. The number of alkyl halides is 1. The molecule has 174 valence electrons. The fraction of sp³-hybridized carbons (Fsp3) is 0.786. The Morgan fingerprint density at radius 3 is 1.80 bits per heavy atom. The van der Waals surface area contributed by atoms with Gasteiger partial charge in [-0.15, -0.1) is 0 Å². The van der Waals surface area contributed by atoms with Crippen LogP contribution in [0.5, 0.6) is 5.75 Å². The van der Waals surface area contributed by atoms with Crippen molar-refractivity contribution in [3.63, 3.8) is 0 Å². The lowest BCUT2D eigenvalue weighted by Gasteiger charge is -2.17. The average Bonchev–Trinajstić information content (AvgIpc) is 2.74. The molecular formula is C28H49ClO. The van der Waals surface area contributed by atoms with Gasteiger partial charge in [0.1, 0.15) is 5.75 Å². The van der Waals surface area contributed by atoms with E-state index in [-0.39, 0.29) is 5.56 Å². The third kappa shape index (κ3) is 13.6. The van der Waals surface area contributed by atoms with Gasteiger partial charge in [0.15, 0.2) is 5.56 Å². The first kappa shape index (κ1) is 27.3. The minimum atomic E-state index is -0.203. The monoisotopic (exact) mass is 436 g/mol. The first-order chi connectivity index (χ1) is 14.7. The van der Waals surface area contributed by atoms with Crippen LogP contribution in [-0.2, 0) is 12.8 Å². The molecule has 0 aliphatic heterocycles. The number of aryl methyl sites for hydroxylation is 2.